The van der Waals surface area contributed by atoms with Crippen LogP contribution >= 0.6 is 0 Å². The molecule has 1 unspecified atom stereocenters. The molecule has 3 aromatic heterocycles. The highest BCUT2D eigenvalue weighted by Gasteiger charge is 2.45. The van der Waals surface area contributed by atoms with Crippen LogP contribution in [0.25, 0.3) is 11.2 Å². The number of hydrogen-bond donors (Lipinski definition) is 0. The predicted octanol–water partition coefficient (Wildman–Crippen LogP) is 0.0969. The molecule has 2 aliphatic rings. The van der Waals surface area contributed by atoms with Crippen molar-refractivity contribution in [1.82, 2.24) is 34.9 Å². The number of nitrogens with zero attached hydrogens (tertiary/aromatic N) is 7. The third kappa shape index (κ3) is 3.75. The second kappa shape index (κ2) is 8.50. The van der Waals surface area contributed by atoms with Gasteiger partial charge >= 0.3 is 0 Å². The van der Waals surface area contributed by atoms with E-state index in [0.717, 1.165) is 5.56 Å². The minimum absolute atomic E-state index is 0.0455. The molecule has 0 bridgehead atoms. The fraction of sp³-hybridized carbons (Fsp3) is 0.429. The van der Waals surface area contributed by atoms with Crippen LogP contribution in [0.1, 0.15) is 18.0 Å². The first kappa shape index (κ1) is 20.3. The van der Waals surface area contributed by atoms with E-state index in [1.807, 2.05) is 12.1 Å². The normalized spacial score (nSPS) is 23.7. The molecule has 2 fully saturated rings. The van der Waals surface area contributed by atoms with E-state index in [0.29, 0.717) is 30.9 Å². The number of ether oxygens (including phenoxy) is 1. The van der Waals surface area contributed by atoms with Crippen LogP contribution in [0, 0.1) is 5.92 Å². The van der Waals surface area contributed by atoms with Gasteiger partial charge in [0.15, 0.2) is 0 Å². The van der Waals surface area contributed by atoms with Gasteiger partial charge in [0.2, 0.25) is 17.5 Å². The van der Waals surface area contributed by atoms with Gasteiger partial charge in [-0.25, -0.2) is 4.98 Å². The van der Waals surface area contributed by atoms with E-state index < -0.39 is 5.92 Å². The Hall–Kier alpha value is -3.60. The summed E-state index contributed by atoms with van der Waals surface area (Å²) in [6.07, 6.45) is 4.89. The Morgan fingerprint density at radius 1 is 1.28 bits per heavy atom. The first-order valence-electron chi connectivity index (χ1n) is 10.5. The fourth-order valence-electron chi connectivity index (χ4n) is 4.34. The van der Waals surface area contributed by atoms with E-state index in [4.69, 9.17) is 9.57 Å². The van der Waals surface area contributed by atoms with Gasteiger partial charge in [0.1, 0.15) is 18.2 Å². The van der Waals surface area contributed by atoms with Crippen LogP contribution in [0.5, 0.6) is 0 Å². The highest BCUT2D eigenvalue weighted by atomic mass is 16.7. The molecule has 0 aromatic carbocycles. The van der Waals surface area contributed by atoms with Gasteiger partial charge in [-0.3, -0.25) is 14.6 Å². The minimum Gasteiger partial charge on any atom is -0.391 e. The number of rotatable bonds is 5. The summed E-state index contributed by atoms with van der Waals surface area (Å²) in [6, 6.07) is 6.97. The van der Waals surface area contributed by atoms with Gasteiger partial charge in [-0.2, -0.15) is 0 Å². The Labute approximate surface area is 183 Å². The van der Waals surface area contributed by atoms with E-state index in [-0.39, 0.29) is 37.0 Å². The molecule has 11 heteroatoms. The van der Waals surface area contributed by atoms with Gasteiger partial charge in [-0.15, -0.1) is 5.10 Å². The zero-order valence-electron chi connectivity index (χ0n) is 17.6. The molecule has 2 aliphatic heterocycles. The summed E-state index contributed by atoms with van der Waals surface area (Å²) in [4.78, 5) is 44.6. The molecule has 3 aromatic rings. The molecule has 2 amide bonds. The number of amides is 2. The number of pyridine rings is 2. The topological polar surface area (TPSA) is 116 Å². The van der Waals surface area contributed by atoms with Crippen molar-refractivity contribution in [3.8, 4) is 0 Å². The lowest BCUT2D eigenvalue weighted by molar-refractivity contribution is -0.146. The molecule has 0 N–H and O–H groups in total. The van der Waals surface area contributed by atoms with Crippen molar-refractivity contribution < 1.29 is 19.2 Å². The van der Waals surface area contributed by atoms with E-state index in [9.17, 15) is 9.59 Å². The first-order chi connectivity index (χ1) is 15.6. The Morgan fingerprint density at radius 2 is 2.16 bits per heavy atom. The summed E-state index contributed by atoms with van der Waals surface area (Å²) in [7, 11) is 1.74. The Balaban J connectivity index is 1.26. The standard InChI is InChI=1S/C21H23N7O4/c1-26-18(29)10-16(19(26)14-4-2-6-22-11-14)21(30)27-8-9-31-15(12-27)13-32-28-20-17(24-25-28)5-3-7-23-20/h2-7,11,15-16,19H,8-10,12-13H2,1H3/t15?,16-,19+/m0/s1. The van der Waals surface area contributed by atoms with Crippen molar-refractivity contribution in [2.75, 3.05) is 33.4 Å². The average molecular weight is 437 g/mol. The molecule has 32 heavy (non-hydrogen) atoms. The van der Waals surface area contributed by atoms with Gasteiger partial charge in [-0.1, -0.05) is 10.9 Å². The van der Waals surface area contributed by atoms with Crippen molar-refractivity contribution in [3.05, 3.63) is 48.4 Å². The lowest BCUT2D eigenvalue weighted by Crippen LogP contribution is -2.50. The molecule has 0 saturated carbocycles. The van der Waals surface area contributed by atoms with Crippen LogP contribution in [-0.2, 0) is 14.3 Å². The molecule has 5 heterocycles. The van der Waals surface area contributed by atoms with Crippen LogP contribution in [0.4, 0.5) is 0 Å². The van der Waals surface area contributed by atoms with Gasteiger partial charge in [-0.05, 0) is 29.0 Å². The summed E-state index contributed by atoms with van der Waals surface area (Å²) < 4.78 is 5.80. The number of carbonyl (C=O) groups excluding carboxylic acids is 2. The maximum Gasteiger partial charge on any atom is 0.228 e. The molecule has 3 atom stereocenters. The Morgan fingerprint density at radius 3 is 3.00 bits per heavy atom. The molecule has 5 rings (SSSR count). The van der Waals surface area contributed by atoms with Gasteiger partial charge in [0.25, 0.3) is 0 Å². The molecular formula is C21H23N7O4. The molecule has 0 spiro atoms. The summed E-state index contributed by atoms with van der Waals surface area (Å²) in [5.74, 6) is -0.562. The van der Waals surface area contributed by atoms with E-state index in [2.05, 4.69) is 20.3 Å². The fourth-order valence-corrected chi connectivity index (χ4v) is 4.34. The predicted molar refractivity (Wildman–Crippen MR) is 111 cm³/mol. The number of likely N-dealkylation sites (tertiary alicyclic amines) is 1. The summed E-state index contributed by atoms with van der Waals surface area (Å²) in [5, 5.41) is 7.96. The van der Waals surface area contributed by atoms with Crippen molar-refractivity contribution >= 4 is 23.0 Å². The maximum absolute atomic E-state index is 13.4. The summed E-state index contributed by atoms with van der Waals surface area (Å²) in [6.45, 7) is 1.42. The third-order valence-corrected chi connectivity index (χ3v) is 5.94. The highest BCUT2D eigenvalue weighted by molar-refractivity contribution is 5.90. The maximum atomic E-state index is 13.4. The van der Waals surface area contributed by atoms with Crippen LogP contribution < -0.4 is 4.84 Å². The van der Waals surface area contributed by atoms with E-state index in [1.165, 1.54) is 4.85 Å². The van der Waals surface area contributed by atoms with Crippen LogP contribution in [-0.4, -0.2) is 86.2 Å². The summed E-state index contributed by atoms with van der Waals surface area (Å²) in [5.41, 5.74) is 2.01. The van der Waals surface area contributed by atoms with Crippen molar-refractivity contribution in [2.45, 2.75) is 18.6 Å². The number of fused-ring (bicyclic) bond motifs is 1. The average Bonchev–Trinajstić information content (AvgIpc) is 3.38. The monoisotopic (exact) mass is 437 g/mol. The lowest BCUT2D eigenvalue weighted by atomic mass is 9.93. The largest absolute Gasteiger partial charge is 0.391 e. The lowest BCUT2D eigenvalue weighted by Gasteiger charge is -2.35. The zero-order chi connectivity index (χ0) is 22.1. The van der Waals surface area contributed by atoms with Gasteiger partial charge in [0, 0.05) is 38.6 Å². The highest BCUT2D eigenvalue weighted by Crippen LogP contribution is 2.38. The zero-order valence-corrected chi connectivity index (χ0v) is 17.6. The number of aromatic nitrogens is 5. The molecular weight excluding hydrogens is 414 g/mol. The van der Waals surface area contributed by atoms with Gasteiger partial charge < -0.3 is 19.4 Å². The van der Waals surface area contributed by atoms with Gasteiger partial charge in [0.05, 0.1) is 25.1 Å². The smallest absolute Gasteiger partial charge is 0.228 e. The van der Waals surface area contributed by atoms with E-state index in [1.54, 1.807) is 47.6 Å². The van der Waals surface area contributed by atoms with Crippen molar-refractivity contribution in [1.29, 1.82) is 0 Å². The molecule has 166 valence electrons. The minimum atomic E-state index is -0.458. The van der Waals surface area contributed by atoms with Crippen molar-refractivity contribution in [3.63, 3.8) is 0 Å². The Kier molecular flexibility index (Phi) is 5.39. The quantitative estimate of drug-likeness (QED) is 0.552. The third-order valence-electron chi connectivity index (χ3n) is 5.94. The summed E-state index contributed by atoms with van der Waals surface area (Å²) >= 11 is 0. The first-order valence-corrected chi connectivity index (χ1v) is 10.5. The number of morpholine rings is 1. The second-order valence-corrected chi connectivity index (χ2v) is 7.93. The SMILES string of the molecule is CN1C(=O)C[C@H](C(=O)N2CCOC(COn3nnc4cccnc43)C2)[C@H]1c1cccnc1. The second-order valence-electron chi connectivity index (χ2n) is 7.93. The van der Waals surface area contributed by atoms with Crippen LogP contribution in [0.3, 0.4) is 0 Å². The number of hydrogen-bond acceptors (Lipinski definition) is 8. The van der Waals surface area contributed by atoms with E-state index >= 15 is 0 Å². The van der Waals surface area contributed by atoms with Crippen LogP contribution in [0.15, 0.2) is 42.9 Å². The molecule has 0 radical (unpaired) electrons. The molecule has 0 aliphatic carbocycles. The Bertz CT molecular complexity index is 1120. The molecule has 11 nitrogen and oxygen atoms in total. The number of carbonyl (C=O) groups is 2. The van der Waals surface area contributed by atoms with Crippen LogP contribution in [0.2, 0.25) is 0 Å². The van der Waals surface area contributed by atoms with Crippen molar-refractivity contribution in [2.24, 2.45) is 5.92 Å². The molecule has 2 saturated heterocycles.